The topological polar surface area (TPSA) is 35.0 Å². The molecule has 0 saturated heterocycles. The van der Waals surface area contributed by atoms with Crippen LogP contribution in [0.1, 0.15) is 31.4 Å². The lowest BCUT2D eigenvalue weighted by Gasteiger charge is -2.13. The molecule has 0 N–H and O–H groups in total. The van der Waals surface area contributed by atoms with Gasteiger partial charge in [0.25, 0.3) is 0 Å². The molecule has 0 bridgehead atoms. The second-order valence-corrected chi connectivity index (χ2v) is 5.09. The second kappa shape index (κ2) is 5.39. The molecule has 1 aliphatic rings. The zero-order valence-corrected chi connectivity index (χ0v) is 11.2. The van der Waals surface area contributed by atoms with Crippen LogP contribution in [0.4, 0.5) is 0 Å². The maximum atomic E-state index is 5.95. The van der Waals surface area contributed by atoms with Gasteiger partial charge in [0.05, 0.1) is 23.7 Å². The summed E-state index contributed by atoms with van der Waals surface area (Å²) in [6, 6.07) is 8.15. The molecule has 1 heterocycles. The highest BCUT2D eigenvalue weighted by molar-refractivity contribution is 5.59. The van der Waals surface area contributed by atoms with Gasteiger partial charge < -0.3 is 4.74 Å². The summed E-state index contributed by atoms with van der Waals surface area (Å²) in [6.45, 7) is 1.95. The molecule has 2 aromatic rings. The fourth-order valence-corrected chi connectivity index (χ4v) is 2.51. The lowest BCUT2D eigenvalue weighted by Crippen LogP contribution is -2.10. The molecular weight excluding hydrogens is 236 g/mol. The predicted molar refractivity (Wildman–Crippen MR) is 75.1 cm³/mol. The molecule has 1 aromatic heterocycles. The van der Waals surface area contributed by atoms with Gasteiger partial charge in [-0.2, -0.15) is 0 Å². The van der Waals surface area contributed by atoms with Crippen molar-refractivity contribution in [1.82, 2.24) is 9.97 Å². The number of ether oxygens (including phenoxy) is 1. The van der Waals surface area contributed by atoms with E-state index < -0.39 is 0 Å². The van der Waals surface area contributed by atoms with E-state index in [1.807, 2.05) is 31.2 Å². The second-order valence-electron chi connectivity index (χ2n) is 5.09. The summed E-state index contributed by atoms with van der Waals surface area (Å²) in [7, 11) is 0. The molecule has 3 rings (SSSR count). The molecule has 3 nitrogen and oxygen atoms in total. The minimum absolute atomic E-state index is 0.407. The number of benzene rings is 1. The molecule has 0 unspecified atom stereocenters. The van der Waals surface area contributed by atoms with Crippen molar-refractivity contribution in [3.05, 3.63) is 42.4 Å². The smallest absolute Gasteiger partial charge is 0.119 e. The summed E-state index contributed by atoms with van der Waals surface area (Å²) >= 11 is 0. The Kier molecular flexibility index (Phi) is 3.45. The molecule has 1 aliphatic carbocycles. The Labute approximate surface area is 113 Å². The third-order valence-corrected chi connectivity index (χ3v) is 3.51. The summed E-state index contributed by atoms with van der Waals surface area (Å²) < 4.78 is 5.95. The van der Waals surface area contributed by atoms with Crippen molar-refractivity contribution < 1.29 is 4.74 Å². The fraction of sp³-hybridized carbons (Fsp3) is 0.375. The Bertz CT molecular complexity index is 545. The van der Waals surface area contributed by atoms with Gasteiger partial charge in [0.2, 0.25) is 0 Å². The Hall–Kier alpha value is -1.90. The van der Waals surface area contributed by atoms with Crippen LogP contribution in [0.15, 0.2) is 36.7 Å². The van der Waals surface area contributed by atoms with E-state index in [1.165, 1.54) is 25.7 Å². The third kappa shape index (κ3) is 2.92. The van der Waals surface area contributed by atoms with Gasteiger partial charge in [0, 0.05) is 11.8 Å². The molecule has 0 aliphatic heterocycles. The van der Waals surface area contributed by atoms with Crippen molar-refractivity contribution in [2.45, 2.75) is 38.7 Å². The van der Waals surface area contributed by atoms with Crippen LogP contribution in [-0.4, -0.2) is 16.1 Å². The van der Waals surface area contributed by atoms with Gasteiger partial charge in [-0.25, -0.2) is 4.98 Å². The summed E-state index contributed by atoms with van der Waals surface area (Å²) in [5.41, 5.74) is 2.92. The van der Waals surface area contributed by atoms with E-state index in [1.54, 1.807) is 12.4 Å². The maximum Gasteiger partial charge on any atom is 0.119 e. The Morgan fingerprint density at radius 3 is 2.47 bits per heavy atom. The molecule has 1 aromatic carbocycles. The first-order valence-corrected chi connectivity index (χ1v) is 6.87. The first-order valence-electron chi connectivity index (χ1n) is 6.87. The van der Waals surface area contributed by atoms with Gasteiger partial charge in [-0.15, -0.1) is 0 Å². The summed E-state index contributed by atoms with van der Waals surface area (Å²) in [4.78, 5) is 8.65. The standard InChI is InChI=1S/C16H18N2O/c1-12-10-17-11-16(18-12)13-6-8-15(9-7-13)19-14-4-2-3-5-14/h6-11,14H,2-5H2,1H3. The van der Waals surface area contributed by atoms with E-state index in [-0.39, 0.29) is 0 Å². The maximum absolute atomic E-state index is 5.95. The highest BCUT2D eigenvalue weighted by Crippen LogP contribution is 2.26. The fourth-order valence-electron chi connectivity index (χ4n) is 2.51. The molecule has 19 heavy (non-hydrogen) atoms. The molecule has 0 atom stereocenters. The summed E-state index contributed by atoms with van der Waals surface area (Å²) in [5.74, 6) is 0.955. The van der Waals surface area contributed by atoms with Crippen LogP contribution in [-0.2, 0) is 0 Å². The van der Waals surface area contributed by atoms with Crippen molar-refractivity contribution >= 4 is 0 Å². The van der Waals surface area contributed by atoms with E-state index in [2.05, 4.69) is 9.97 Å². The van der Waals surface area contributed by atoms with Crippen LogP contribution in [0.2, 0.25) is 0 Å². The molecule has 0 spiro atoms. The van der Waals surface area contributed by atoms with Crippen molar-refractivity contribution in [2.75, 3.05) is 0 Å². The molecular formula is C16H18N2O. The van der Waals surface area contributed by atoms with Gasteiger partial charge in [-0.3, -0.25) is 4.98 Å². The largest absolute Gasteiger partial charge is 0.490 e. The molecule has 0 amide bonds. The Morgan fingerprint density at radius 1 is 1.05 bits per heavy atom. The van der Waals surface area contributed by atoms with Crippen LogP contribution in [0.25, 0.3) is 11.3 Å². The van der Waals surface area contributed by atoms with Crippen molar-refractivity contribution in [3.8, 4) is 17.0 Å². The Morgan fingerprint density at radius 2 is 1.79 bits per heavy atom. The van der Waals surface area contributed by atoms with E-state index in [0.717, 1.165) is 22.7 Å². The van der Waals surface area contributed by atoms with Crippen LogP contribution >= 0.6 is 0 Å². The quantitative estimate of drug-likeness (QED) is 0.836. The number of aryl methyl sites for hydroxylation is 1. The van der Waals surface area contributed by atoms with Crippen LogP contribution < -0.4 is 4.74 Å². The number of hydrogen-bond donors (Lipinski definition) is 0. The van der Waals surface area contributed by atoms with Gasteiger partial charge in [-0.1, -0.05) is 0 Å². The van der Waals surface area contributed by atoms with E-state index in [0.29, 0.717) is 6.10 Å². The lowest BCUT2D eigenvalue weighted by atomic mass is 10.1. The summed E-state index contributed by atoms with van der Waals surface area (Å²) in [5, 5.41) is 0. The number of rotatable bonds is 3. The molecule has 1 saturated carbocycles. The summed E-state index contributed by atoms with van der Waals surface area (Å²) in [6.07, 6.45) is 8.92. The van der Waals surface area contributed by atoms with Crippen molar-refractivity contribution in [1.29, 1.82) is 0 Å². The number of nitrogens with zero attached hydrogens (tertiary/aromatic N) is 2. The SMILES string of the molecule is Cc1cncc(-c2ccc(OC3CCCC3)cc2)n1. The molecule has 0 radical (unpaired) electrons. The third-order valence-electron chi connectivity index (χ3n) is 3.51. The Balaban J connectivity index is 1.74. The first kappa shape index (κ1) is 12.2. The number of aromatic nitrogens is 2. The highest BCUT2D eigenvalue weighted by Gasteiger charge is 2.16. The average molecular weight is 254 g/mol. The van der Waals surface area contributed by atoms with Crippen LogP contribution in [0, 0.1) is 6.92 Å². The van der Waals surface area contributed by atoms with Crippen molar-refractivity contribution in [3.63, 3.8) is 0 Å². The van der Waals surface area contributed by atoms with E-state index in [4.69, 9.17) is 4.74 Å². The van der Waals surface area contributed by atoms with Gasteiger partial charge in [-0.05, 0) is 56.9 Å². The van der Waals surface area contributed by atoms with E-state index >= 15 is 0 Å². The van der Waals surface area contributed by atoms with Crippen molar-refractivity contribution in [2.24, 2.45) is 0 Å². The van der Waals surface area contributed by atoms with Gasteiger partial charge >= 0.3 is 0 Å². The minimum Gasteiger partial charge on any atom is -0.490 e. The monoisotopic (exact) mass is 254 g/mol. The van der Waals surface area contributed by atoms with Gasteiger partial charge in [0.1, 0.15) is 5.75 Å². The van der Waals surface area contributed by atoms with Gasteiger partial charge in [0.15, 0.2) is 0 Å². The lowest BCUT2D eigenvalue weighted by molar-refractivity contribution is 0.210. The molecule has 3 heteroatoms. The molecule has 1 fully saturated rings. The van der Waals surface area contributed by atoms with Crippen LogP contribution in [0.3, 0.4) is 0 Å². The predicted octanol–water partition coefficient (Wildman–Crippen LogP) is 3.77. The highest BCUT2D eigenvalue weighted by atomic mass is 16.5. The average Bonchev–Trinajstić information content (AvgIpc) is 2.92. The van der Waals surface area contributed by atoms with E-state index in [9.17, 15) is 0 Å². The zero-order valence-electron chi connectivity index (χ0n) is 11.2. The minimum atomic E-state index is 0.407. The first-order chi connectivity index (χ1) is 9.31. The molecule has 98 valence electrons. The zero-order chi connectivity index (χ0) is 13.1. The number of hydrogen-bond acceptors (Lipinski definition) is 3. The van der Waals surface area contributed by atoms with Crippen LogP contribution in [0.5, 0.6) is 5.75 Å². The normalized spacial score (nSPS) is 15.6.